The van der Waals surface area contributed by atoms with Crippen LogP contribution in [0.25, 0.3) is 11.2 Å². The molecule has 36 heavy (non-hydrogen) atoms. The first-order valence-corrected chi connectivity index (χ1v) is 13.0. The topological polar surface area (TPSA) is 72.3 Å². The number of hydrogen-bond donors (Lipinski definition) is 1. The Hall–Kier alpha value is -3.43. The summed E-state index contributed by atoms with van der Waals surface area (Å²) in [5, 5.41) is 3.79. The number of nitrogens with zero attached hydrogens (tertiary/aromatic N) is 4. The van der Waals surface area contributed by atoms with Crippen molar-refractivity contribution in [1.82, 2.24) is 19.9 Å². The first kappa shape index (κ1) is 24.3. The van der Waals surface area contributed by atoms with Crippen molar-refractivity contribution in [3.63, 3.8) is 0 Å². The van der Waals surface area contributed by atoms with Gasteiger partial charge in [-0.25, -0.2) is 14.4 Å². The molecule has 1 aliphatic rings. The number of carbonyl (C=O) groups excluding carboxylic acids is 1. The van der Waals surface area contributed by atoms with Gasteiger partial charge < -0.3 is 15.0 Å². The van der Waals surface area contributed by atoms with Gasteiger partial charge >= 0.3 is 0 Å². The summed E-state index contributed by atoms with van der Waals surface area (Å²) in [5.41, 5.74) is 4.65. The van der Waals surface area contributed by atoms with Crippen molar-refractivity contribution in [2.45, 2.75) is 24.7 Å². The fourth-order valence-corrected chi connectivity index (χ4v) is 5.07. The summed E-state index contributed by atoms with van der Waals surface area (Å²) in [4.78, 5) is 24.3. The first-order valence-electron chi connectivity index (χ1n) is 12.0. The van der Waals surface area contributed by atoms with Gasteiger partial charge in [0.05, 0.1) is 31.6 Å². The van der Waals surface area contributed by atoms with Crippen LogP contribution in [0.15, 0.2) is 72.0 Å². The van der Waals surface area contributed by atoms with Gasteiger partial charge in [0.15, 0.2) is 10.8 Å². The van der Waals surface area contributed by atoms with Crippen LogP contribution < -0.4 is 10.2 Å². The number of ether oxygens (including phenoxy) is 1. The van der Waals surface area contributed by atoms with Crippen molar-refractivity contribution in [2.24, 2.45) is 0 Å². The minimum atomic E-state index is -0.275. The van der Waals surface area contributed by atoms with Crippen molar-refractivity contribution in [3.05, 3.63) is 83.8 Å². The molecule has 4 aromatic rings. The Bertz CT molecular complexity index is 1320. The van der Waals surface area contributed by atoms with Gasteiger partial charge in [0.1, 0.15) is 11.3 Å². The molecule has 186 valence electrons. The fraction of sp³-hybridized carbons (Fsp3) is 0.296. The van der Waals surface area contributed by atoms with Crippen molar-refractivity contribution >= 4 is 34.5 Å². The van der Waals surface area contributed by atoms with Crippen LogP contribution in [-0.4, -0.2) is 52.5 Å². The molecule has 1 N–H and O–H groups in total. The summed E-state index contributed by atoms with van der Waals surface area (Å²) < 4.78 is 20.7. The highest BCUT2D eigenvalue weighted by Gasteiger charge is 2.17. The lowest BCUT2D eigenvalue weighted by Gasteiger charge is -2.29. The average Bonchev–Trinajstić information content (AvgIpc) is 3.26. The molecule has 0 spiro atoms. The number of halogens is 1. The van der Waals surface area contributed by atoms with Crippen LogP contribution in [0.5, 0.6) is 0 Å². The number of rotatable bonds is 8. The highest BCUT2D eigenvalue weighted by molar-refractivity contribution is 7.99. The average molecular weight is 506 g/mol. The fourth-order valence-electron chi connectivity index (χ4n) is 4.25. The minimum Gasteiger partial charge on any atom is -0.378 e. The summed E-state index contributed by atoms with van der Waals surface area (Å²) in [6.07, 6.45) is 1.72. The minimum absolute atomic E-state index is 0.0712. The molecule has 0 radical (unpaired) electrons. The molecule has 1 aliphatic heterocycles. The second-order valence-corrected chi connectivity index (χ2v) is 9.66. The lowest BCUT2D eigenvalue weighted by molar-refractivity contribution is -0.119. The van der Waals surface area contributed by atoms with Crippen molar-refractivity contribution in [3.8, 4) is 0 Å². The Morgan fingerprint density at radius 1 is 1.11 bits per heavy atom. The summed E-state index contributed by atoms with van der Waals surface area (Å²) in [7, 11) is 0. The van der Waals surface area contributed by atoms with Gasteiger partial charge in [0, 0.05) is 25.0 Å². The monoisotopic (exact) mass is 505 g/mol. The molecule has 9 heteroatoms. The molecular formula is C27H28FN5O2S. The molecule has 1 fully saturated rings. The first-order chi connectivity index (χ1) is 17.6. The number of amides is 1. The van der Waals surface area contributed by atoms with E-state index in [4.69, 9.17) is 4.74 Å². The van der Waals surface area contributed by atoms with Crippen LogP contribution in [0.2, 0.25) is 0 Å². The van der Waals surface area contributed by atoms with E-state index in [-0.39, 0.29) is 23.5 Å². The van der Waals surface area contributed by atoms with Gasteiger partial charge in [0.25, 0.3) is 0 Å². The molecule has 2 aromatic heterocycles. The van der Waals surface area contributed by atoms with Gasteiger partial charge in [-0.1, -0.05) is 36.0 Å². The maximum absolute atomic E-state index is 13.4. The van der Waals surface area contributed by atoms with E-state index in [1.807, 2.05) is 23.6 Å². The van der Waals surface area contributed by atoms with Crippen LogP contribution in [0.1, 0.15) is 24.1 Å². The van der Waals surface area contributed by atoms with E-state index in [1.54, 1.807) is 18.3 Å². The quantitative estimate of drug-likeness (QED) is 0.358. The molecule has 1 atom stereocenters. The van der Waals surface area contributed by atoms with Gasteiger partial charge in [-0.15, -0.1) is 0 Å². The zero-order valence-electron chi connectivity index (χ0n) is 20.1. The van der Waals surface area contributed by atoms with Crippen LogP contribution in [0.4, 0.5) is 10.1 Å². The van der Waals surface area contributed by atoms with Gasteiger partial charge in [0.2, 0.25) is 5.91 Å². The summed E-state index contributed by atoms with van der Waals surface area (Å²) >= 11 is 1.37. The Morgan fingerprint density at radius 3 is 2.61 bits per heavy atom. The van der Waals surface area contributed by atoms with Crippen LogP contribution >= 0.6 is 11.8 Å². The Morgan fingerprint density at radius 2 is 1.86 bits per heavy atom. The number of carbonyl (C=O) groups is 1. The van der Waals surface area contributed by atoms with E-state index >= 15 is 0 Å². The third-order valence-electron chi connectivity index (χ3n) is 6.20. The predicted octanol–water partition coefficient (Wildman–Crippen LogP) is 4.42. The molecule has 1 saturated heterocycles. The number of thioether (sulfide) groups is 1. The lowest BCUT2D eigenvalue weighted by atomic mass is 10.1. The molecular weight excluding hydrogens is 477 g/mol. The molecule has 1 amide bonds. The number of aromatic nitrogens is 3. The second-order valence-electron chi connectivity index (χ2n) is 8.72. The van der Waals surface area contributed by atoms with Gasteiger partial charge in [-0.2, -0.15) is 0 Å². The summed E-state index contributed by atoms with van der Waals surface area (Å²) in [5.74, 6) is -0.121. The van der Waals surface area contributed by atoms with E-state index in [9.17, 15) is 9.18 Å². The number of fused-ring (bicyclic) bond motifs is 1. The zero-order valence-corrected chi connectivity index (χ0v) is 20.9. The van der Waals surface area contributed by atoms with Gasteiger partial charge in [-0.05, 0) is 54.4 Å². The van der Waals surface area contributed by atoms with E-state index < -0.39 is 0 Å². The van der Waals surface area contributed by atoms with Crippen molar-refractivity contribution in [2.75, 3.05) is 37.0 Å². The lowest BCUT2D eigenvalue weighted by Crippen LogP contribution is -2.36. The molecule has 7 nitrogen and oxygen atoms in total. The van der Waals surface area contributed by atoms with Crippen molar-refractivity contribution in [1.29, 1.82) is 0 Å². The normalized spacial score (nSPS) is 14.7. The Kier molecular flexibility index (Phi) is 7.48. The third-order valence-corrected chi connectivity index (χ3v) is 7.18. The van der Waals surface area contributed by atoms with Gasteiger partial charge in [-0.3, -0.25) is 9.36 Å². The van der Waals surface area contributed by atoms with Crippen LogP contribution in [0, 0.1) is 5.82 Å². The smallest absolute Gasteiger partial charge is 0.230 e. The highest BCUT2D eigenvalue weighted by Crippen LogP contribution is 2.25. The Labute approximate surface area is 213 Å². The molecule has 3 heterocycles. The third kappa shape index (κ3) is 5.68. The molecule has 2 aromatic carbocycles. The molecule has 5 rings (SSSR count). The van der Waals surface area contributed by atoms with E-state index in [2.05, 4.69) is 44.5 Å². The zero-order chi connectivity index (χ0) is 24.9. The number of benzene rings is 2. The summed E-state index contributed by atoms with van der Waals surface area (Å²) in [6.45, 7) is 5.76. The Balaban J connectivity index is 1.23. The number of anilines is 1. The largest absolute Gasteiger partial charge is 0.378 e. The SMILES string of the molecule is C[C@H](NC(=O)CSc1nc2cccnc2n1Cc1ccc(F)cc1)c1ccc(N2CCOCC2)cc1. The van der Waals surface area contributed by atoms with Crippen LogP contribution in [-0.2, 0) is 16.1 Å². The number of morpholine rings is 1. The van der Waals surface area contributed by atoms with E-state index in [1.165, 1.54) is 29.6 Å². The molecule has 0 bridgehead atoms. The second kappa shape index (κ2) is 11.1. The highest BCUT2D eigenvalue weighted by atomic mass is 32.2. The maximum Gasteiger partial charge on any atom is 0.230 e. The van der Waals surface area contributed by atoms with E-state index in [0.717, 1.165) is 48.6 Å². The van der Waals surface area contributed by atoms with E-state index in [0.29, 0.717) is 11.7 Å². The number of pyridine rings is 1. The summed E-state index contributed by atoms with van der Waals surface area (Å²) in [6, 6.07) is 18.3. The standard InChI is InChI=1S/C27H28FN5O2S/c1-19(21-6-10-23(11-7-21)32-13-15-35-16-14-32)30-25(34)18-36-27-31-24-3-2-12-29-26(24)33(27)17-20-4-8-22(28)9-5-20/h2-12,19H,13-18H2,1H3,(H,30,34)/t19-/m0/s1. The number of imidazole rings is 1. The number of hydrogen-bond acceptors (Lipinski definition) is 6. The molecule has 0 saturated carbocycles. The predicted molar refractivity (Wildman–Crippen MR) is 140 cm³/mol. The van der Waals surface area contributed by atoms with Crippen LogP contribution in [0.3, 0.4) is 0 Å². The molecule has 0 unspecified atom stereocenters. The maximum atomic E-state index is 13.4. The van der Waals surface area contributed by atoms with Crippen molar-refractivity contribution < 1.29 is 13.9 Å². The number of nitrogens with one attached hydrogen (secondary N) is 1. The molecule has 0 aliphatic carbocycles.